The first-order chi connectivity index (χ1) is 12.5. The maximum absolute atomic E-state index is 12.8. The second-order valence-corrected chi connectivity index (χ2v) is 6.71. The van der Waals surface area contributed by atoms with E-state index >= 15 is 0 Å². The maximum Gasteiger partial charge on any atom is 0.265 e. The normalized spacial score (nSPS) is 15.5. The molecular weight excluding hydrogens is 375 g/mol. The molecule has 0 spiro atoms. The van der Waals surface area contributed by atoms with Crippen LogP contribution >= 0.6 is 23.2 Å². The van der Waals surface area contributed by atoms with Crippen LogP contribution in [0.1, 0.15) is 12.5 Å². The first-order valence-electron chi connectivity index (χ1n) is 8.26. The van der Waals surface area contributed by atoms with Gasteiger partial charge in [0.2, 0.25) is 5.91 Å². The zero-order chi connectivity index (χ0) is 18.7. The van der Waals surface area contributed by atoms with Crippen molar-refractivity contribution >= 4 is 40.7 Å². The molecule has 2 aromatic rings. The number of hydrogen-bond donors (Lipinski definition) is 1. The van der Waals surface area contributed by atoms with Crippen molar-refractivity contribution in [1.82, 2.24) is 5.32 Å². The van der Waals surface area contributed by atoms with Gasteiger partial charge in [0.25, 0.3) is 5.91 Å². The van der Waals surface area contributed by atoms with Gasteiger partial charge in [-0.1, -0.05) is 41.4 Å². The molecule has 1 aliphatic rings. The molecule has 0 radical (unpaired) electrons. The van der Waals surface area contributed by atoms with Crippen LogP contribution in [-0.4, -0.2) is 31.0 Å². The van der Waals surface area contributed by atoms with E-state index in [2.05, 4.69) is 5.32 Å². The summed E-state index contributed by atoms with van der Waals surface area (Å²) in [6.07, 6.45) is 0.482. The van der Waals surface area contributed by atoms with Crippen molar-refractivity contribution in [3.8, 4) is 5.75 Å². The summed E-state index contributed by atoms with van der Waals surface area (Å²) >= 11 is 11.9. The number of halogens is 2. The quantitative estimate of drug-likeness (QED) is 0.847. The minimum atomic E-state index is -0.580. The molecule has 1 unspecified atom stereocenters. The first kappa shape index (κ1) is 18.5. The Labute approximate surface area is 161 Å². The number of amides is 2. The lowest BCUT2D eigenvalue weighted by Gasteiger charge is -2.25. The van der Waals surface area contributed by atoms with Crippen molar-refractivity contribution in [1.29, 1.82) is 0 Å². The Balaban J connectivity index is 1.79. The van der Waals surface area contributed by atoms with Gasteiger partial charge in [-0.15, -0.1) is 0 Å². The maximum atomic E-state index is 12.8. The fourth-order valence-corrected chi connectivity index (χ4v) is 3.46. The summed E-state index contributed by atoms with van der Waals surface area (Å²) in [5, 5.41) is 3.60. The molecule has 3 rings (SSSR count). The smallest absolute Gasteiger partial charge is 0.265 e. The average Bonchev–Trinajstić information content (AvgIpc) is 3.00. The molecule has 5 nitrogen and oxygen atoms in total. The number of ether oxygens (including phenoxy) is 1. The number of anilines is 1. The monoisotopic (exact) mass is 392 g/mol. The van der Waals surface area contributed by atoms with E-state index in [0.29, 0.717) is 28.8 Å². The average molecular weight is 393 g/mol. The van der Waals surface area contributed by atoms with E-state index in [-0.39, 0.29) is 18.4 Å². The van der Waals surface area contributed by atoms with Gasteiger partial charge < -0.3 is 10.1 Å². The summed E-state index contributed by atoms with van der Waals surface area (Å²) in [5.74, 6) is -0.120. The molecule has 26 heavy (non-hydrogen) atoms. The lowest BCUT2D eigenvalue weighted by atomic mass is 10.1. The third-order valence-corrected chi connectivity index (χ3v) is 4.67. The second kappa shape index (κ2) is 7.98. The van der Waals surface area contributed by atoms with Crippen LogP contribution in [0.5, 0.6) is 5.75 Å². The molecular formula is C19H18Cl2N2O3. The van der Waals surface area contributed by atoms with Gasteiger partial charge in [0.05, 0.1) is 5.02 Å². The van der Waals surface area contributed by atoms with Crippen LogP contribution in [0.15, 0.2) is 42.5 Å². The highest BCUT2D eigenvalue weighted by Crippen LogP contribution is 2.33. The summed E-state index contributed by atoms with van der Waals surface area (Å²) in [6.45, 7) is 2.12. The van der Waals surface area contributed by atoms with Gasteiger partial charge in [-0.3, -0.25) is 14.5 Å². The number of carbonyl (C=O) groups is 2. The fraction of sp³-hybridized carbons (Fsp3) is 0.263. The highest BCUT2D eigenvalue weighted by atomic mass is 35.5. The van der Waals surface area contributed by atoms with Crippen molar-refractivity contribution in [3.63, 3.8) is 0 Å². The van der Waals surface area contributed by atoms with Crippen LogP contribution in [0.2, 0.25) is 10.0 Å². The van der Waals surface area contributed by atoms with Gasteiger partial charge in [0, 0.05) is 23.7 Å². The van der Waals surface area contributed by atoms with Crippen molar-refractivity contribution in [3.05, 3.63) is 58.1 Å². The fourth-order valence-electron chi connectivity index (χ4n) is 3.00. The molecule has 1 aliphatic heterocycles. The molecule has 2 amide bonds. The summed E-state index contributed by atoms with van der Waals surface area (Å²) in [6, 6.07) is 11.7. The summed E-state index contributed by atoms with van der Waals surface area (Å²) < 4.78 is 5.56. The van der Waals surface area contributed by atoms with Crippen LogP contribution in [0, 0.1) is 0 Å². The van der Waals surface area contributed by atoms with E-state index in [9.17, 15) is 9.59 Å². The predicted molar refractivity (Wildman–Crippen MR) is 102 cm³/mol. The summed E-state index contributed by atoms with van der Waals surface area (Å²) in [5.41, 5.74) is 1.70. The Hall–Kier alpha value is -2.24. The van der Waals surface area contributed by atoms with Crippen LogP contribution in [0.4, 0.5) is 5.69 Å². The van der Waals surface area contributed by atoms with E-state index in [1.54, 1.807) is 18.2 Å². The van der Waals surface area contributed by atoms with Gasteiger partial charge in [0.15, 0.2) is 6.61 Å². The number of nitrogens with one attached hydrogen (secondary N) is 1. The third-order valence-electron chi connectivity index (χ3n) is 4.14. The summed E-state index contributed by atoms with van der Waals surface area (Å²) in [7, 11) is 0. The number of likely N-dealkylation sites (N-methyl/N-ethyl adjacent to an activating group) is 1. The standard InChI is InChI=1S/C19H18Cl2N2O3/c1-2-22-19(25)16-9-12-5-3-4-6-15(12)23(16)18(24)11-26-17-8-7-13(20)10-14(17)21/h3-8,10,16H,2,9,11H2,1H3,(H,22,25). The second-order valence-electron chi connectivity index (χ2n) is 5.87. The molecule has 0 aromatic heterocycles. The van der Waals surface area contributed by atoms with Gasteiger partial charge >= 0.3 is 0 Å². The highest BCUT2D eigenvalue weighted by molar-refractivity contribution is 6.35. The van der Waals surface area contributed by atoms with Gasteiger partial charge in [-0.25, -0.2) is 0 Å². The zero-order valence-electron chi connectivity index (χ0n) is 14.2. The van der Waals surface area contributed by atoms with Crippen molar-refractivity contribution in [2.75, 3.05) is 18.1 Å². The molecule has 0 fully saturated rings. The van der Waals surface area contributed by atoms with Gasteiger partial charge in [-0.2, -0.15) is 0 Å². The largest absolute Gasteiger partial charge is 0.482 e. The van der Waals surface area contributed by atoms with Crippen molar-refractivity contribution < 1.29 is 14.3 Å². The Morgan fingerprint density at radius 3 is 2.73 bits per heavy atom. The number of fused-ring (bicyclic) bond motifs is 1. The molecule has 2 aromatic carbocycles. The molecule has 1 atom stereocenters. The summed E-state index contributed by atoms with van der Waals surface area (Å²) in [4.78, 5) is 26.7. The Bertz CT molecular complexity index is 841. The van der Waals surface area contributed by atoms with Crippen molar-refractivity contribution in [2.24, 2.45) is 0 Å². The number of carbonyl (C=O) groups excluding carboxylic acids is 2. The van der Waals surface area contributed by atoms with Crippen LogP contribution in [0.3, 0.4) is 0 Å². The Kier molecular flexibility index (Phi) is 5.69. The van der Waals surface area contributed by atoms with Crippen molar-refractivity contribution in [2.45, 2.75) is 19.4 Å². The number of rotatable bonds is 5. The lowest BCUT2D eigenvalue weighted by molar-refractivity contribution is -0.126. The van der Waals surface area contributed by atoms with Crippen LogP contribution in [-0.2, 0) is 16.0 Å². The van der Waals surface area contributed by atoms with E-state index in [4.69, 9.17) is 27.9 Å². The number of hydrogen-bond acceptors (Lipinski definition) is 3. The van der Waals surface area contributed by atoms with Gasteiger partial charge in [0.1, 0.15) is 11.8 Å². The lowest BCUT2D eigenvalue weighted by Crippen LogP contribution is -2.49. The molecule has 1 heterocycles. The first-order valence-corrected chi connectivity index (χ1v) is 9.02. The zero-order valence-corrected chi connectivity index (χ0v) is 15.7. The van der Waals surface area contributed by atoms with E-state index < -0.39 is 6.04 Å². The molecule has 0 saturated heterocycles. The highest BCUT2D eigenvalue weighted by Gasteiger charge is 2.38. The van der Waals surface area contributed by atoms with Crippen LogP contribution < -0.4 is 15.0 Å². The molecule has 7 heteroatoms. The SMILES string of the molecule is CCNC(=O)C1Cc2ccccc2N1C(=O)COc1ccc(Cl)cc1Cl. The van der Waals surface area contributed by atoms with E-state index in [1.807, 2.05) is 31.2 Å². The van der Waals surface area contributed by atoms with Gasteiger partial charge in [-0.05, 0) is 36.8 Å². The number of para-hydroxylation sites is 1. The molecule has 0 aliphatic carbocycles. The minimum Gasteiger partial charge on any atom is -0.482 e. The molecule has 0 bridgehead atoms. The minimum absolute atomic E-state index is 0.179. The predicted octanol–water partition coefficient (Wildman–Crippen LogP) is 3.47. The molecule has 136 valence electrons. The Morgan fingerprint density at radius 2 is 2.00 bits per heavy atom. The molecule has 0 saturated carbocycles. The third kappa shape index (κ3) is 3.79. The van der Waals surface area contributed by atoms with E-state index in [0.717, 1.165) is 11.3 Å². The number of nitrogens with zero attached hydrogens (tertiary/aromatic N) is 1. The van der Waals surface area contributed by atoms with E-state index in [1.165, 1.54) is 4.90 Å². The molecule has 1 N–H and O–H groups in total. The van der Waals surface area contributed by atoms with Crippen LogP contribution in [0.25, 0.3) is 0 Å². The number of benzene rings is 2. The Morgan fingerprint density at radius 1 is 1.23 bits per heavy atom. The topological polar surface area (TPSA) is 58.6 Å².